The van der Waals surface area contributed by atoms with E-state index in [2.05, 4.69) is 16.8 Å². The molecule has 1 aromatic carbocycles. The molecule has 2 fully saturated rings. The number of carbonyl (C=O) groups excluding carboxylic acids is 1. The minimum atomic E-state index is -0.761. The van der Waals surface area contributed by atoms with E-state index in [-0.39, 0.29) is 18.2 Å². The number of benzene rings is 1. The summed E-state index contributed by atoms with van der Waals surface area (Å²) < 4.78 is 0. The minimum absolute atomic E-state index is 0.0476. The lowest BCUT2D eigenvalue weighted by Gasteiger charge is -2.46. The molecule has 7 nitrogen and oxygen atoms in total. The van der Waals surface area contributed by atoms with E-state index in [1.807, 2.05) is 48.2 Å². The van der Waals surface area contributed by atoms with E-state index in [9.17, 15) is 14.7 Å². The summed E-state index contributed by atoms with van der Waals surface area (Å²) in [6.45, 7) is 5.47. The maximum absolute atomic E-state index is 13.3. The Balaban J connectivity index is 1.74. The molecule has 29 heavy (non-hydrogen) atoms. The molecule has 2 aliphatic rings. The van der Waals surface area contributed by atoms with Gasteiger partial charge in [-0.15, -0.1) is 0 Å². The summed E-state index contributed by atoms with van der Waals surface area (Å²) in [4.78, 5) is 33.3. The molecule has 0 aromatic heterocycles. The highest BCUT2D eigenvalue weighted by atomic mass is 16.4. The molecule has 2 heterocycles. The third-order valence-corrected chi connectivity index (χ3v) is 6.33. The SMILES string of the molecule is CN1CCN(C2CCN(C(=O)c3ccccc3N(C)C)CC2CCC(=O)O)CC1. The number of hydrogen-bond acceptors (Lipinski definition) is 5. The van der Waals surface area contributed by atoms with Gasteiger partial charge in [0.15, 0.2) is 0 Å². The molecule has 0 radical (unpaired) electrons. The summed E-state index contributed by atoms with van der Waals surface area (Å²) in [5.41, 5.74) is 1.63. The first kappa shape index (κ1) is 21.6. The number of piperidine rings is 1. The lowest BCUT2D eigenvalue weighted by Crippen LogP contribution is -2.57. The largest absolute Gasteiger partial charge is 0.481 e. The van der Waals surface area contributed by atoms with Crippen LogP contribution in [0.25, 0.3) is 0 Å². The predicted octanol–water partition coefficient (Wildman–Crippen LogP) is 1.70. The zero-order chi connectivity index (χ0) is 21.0. The van der Waals surface area contributed by atoms with Crippen LogP contribution in [0.4, 0.5) is 5.69 Å². The van der Waals surface area contributed by atoms with E-state index in [1.54, 1.807) is 0 Å². The first-order chi connectivity index (χ1) is 13.9. The van der Waals surface area contributed by atoms with Crippen molar-refractivity contribution in [2.24, 2.45) is 5.92 Å². The number of para-hydroxylation sites is 1. The average Bonchev–Trinajstić information content (AvgIpc) is 2.72. The van der Waals surface area contributed by atoms with Crippen LogP contribution in [-0.2, 0) is 4.79 Å². The first-order valence-corrected chi connectivity index (χ1v) is 10.6. The Bertz CT molecular complexity index is 716. The third-order valence-electron chi connectivity index (χ3n) is 6.33. The van der Waals surface area contributed by atoms with Gasteiger partial charge in [-0.25, -0.2) is 0 Å². The molecule has 0 aliphatic carbocycles. The summed E-state index contributed by atoms with van der Waals surface area (Å²) in [5.74, 6) is -0.520. The number of piperazine rings is 1. The molecule has 1 N–H and O–H groups in total. The van der Waals surface area contributed by atoms with Crippen LogP contribution in [0.5, 0.6) is 0 Å². The Morgan fingerprint density at radius 2 is 1.79 bits per heavy atom. The van der Waals surface area contributed by atoms with Gasteiger partial charge in [-0.2, -0.15) is 0 Å². The van der Waals surface area contributed by atoms with Gasteiger partial charge in [-0.1, -0.05) is 12.1 Å². The second-order valence-electron chi connectivity index (χ2n) is 8.55. The van der Waals surface area contributed by atoms with E-state index >= 15 is 0 Å². The lowest BCUT2D eigenvalue weighted by molar-refractivity contribution is -0.137. The second-order valence-corrected chi connectivity index (χ2v) is 8.55. The van der Waals surface area contributed by atoms with Gasteiger partial charge in [-0.05, 0) is 37.9 Å². The number of likely N-dealkylation sites (N-methyl/N-ethyl adjacent to an activating group) is 1. The highest BCUT2D eigenvalue weighted by Gasteiger charge is 2.36. The summed E-state index contributed by atoms with van der Waals surface area (Å²) >= 11 is 0. The summed E-state index contributed by atoms with van der Waals surface area (Å²) in [6.07, 6.45) is 1.68. The molecule has 2 saturated heterocycles. The van der Waals surface area contributed by atoms with Crippen molar-refractivity contribution < 1.29 is 14.7 Å². The van der Waals surface area contributed by atoms with E-state index in [0.29, 0.717) is 24.6 Å². The number of nitrogens with zero attached hydrogens (tertiary/aromatic N) is 4. The molecular weight excluding hydrogens is 368 g/mol. The number of hydrogen-bond donors (Lipinski definition) is 1. The normalized spacial score (nSPS) is 23.8. The molecule has 0 bridgehead atoms. The van der Waals surface area contributed by atoms with Crippen LogP contribution in [0, 0.1) is 5.92 Å². The maximum Gasteiger partial charge on any atom is 0.303 e. The van der Waals surface area contributed by atoms with Gasteiger partial charge in [0.2, 0.25) is 0 Å². The standard InChI is InChI=1S/C22H34N4O3/c1-23(2)20-7-5-4-6-18(20)22(29)26-11-10-19(17(16-26)8-9-21(27)28)25-14-12-24(3)13-15-25/h4-7,17,19H,8-16H2,1-3H3,(H,27,28). The van der Waals surface area contributed by atoms with Gasteiger partial charge in [0.1, 0.15) is 0 Å². The van der Waals surface area contributed by atoms with Crippen LogP contribution >= 0.6 is 0 Å². The summed E-state index contributed by atoms with van der Waals surface area (Å²) in [6, 6.07) is 8.06. The number of carboxylic acid groups (broad SMARTS) is 1. The number of rotatable bonds is 6. The topological polar surface area (TPSA) is 67.3 Å². The van der Waals surface area contributed by atoms with Crippen molar-refractivity contribution in [3.05, 3.63) is 29.8 Å². The predicted molar refractivity (Wildman–Crippen MR) is 115 cm³/mol. The Hall–Kier alpha value is -2.12. The van der Waals surface area contributed by atoms with E-state index in [1.165, 1.54) is 0 Å². The van der Waals surface area contributed by atoms with Crippen molar-refractivity contribution in [3.8, 4) is 0 Å². The lowest BCUT2D eigenvalue weighted by atomic mass is 9.86. The van der Waals surface area contributed by atoms with Crippen LogP contribution in [0.2, 0.25) is 0 Å². The summed E-state index contributed by atoms with van der Waals surface area (Å²) in [5, 5.41) is 9.22. The van der Waals surface area contributed by atoms with Crippen molar-refractivity contribution in [1.82, 2.24) is 14.7 Å². The van der Waals surface area contributed by atoms with Crippen molar-refractivity contribution in [1.29, 1.82) is 0 Å². The van der Waals surface area contributed by atoms with E-state index < -0.39 is 5.97 Å². The average molecular weight is 403 g/mol. The summed E-state index contributed by atoms with van der Waals surface area (Å²) in [7, 11) is 6.03. The van der Waals surface area contributed by atoms with Crippen molar-refractivity contribution in [2.45, 2.75) is 25.3 Å². The van der Waals surface area contributed by atoms with Gasteiger partial charge in [-0.3, -0.25) is 14.5 Å². The molecule has 1 aromatic rings. The fourth-order valence-electron chi connectivity index (χ4n) is 4.65. The van der Waals surface area contributed by atoms with Crippen molar-refractivity contribution >= 4 is 17.6 Å². The molecule has 1 amide bonds. The molecule has 2 aliphatic heterocycles. The fraction of sp³-hybridized carbons (Fsp3) is 0.636. The van der Waals surface area contributed by atoms with Gasteiger partial charge < -0.3 is 19.8 Å². The maximum atomic E-state index is 13.3. The van der Waals surface area contributed by atoms with Crippen LogP contribution in [0.15, 0.2) is 24.3 Å². The Labute approximate surface area is 173 Å². The zero-order valence-electron chi connectivity index (χ0n) is 17.9. The molecule has 3 rings (SSSR count). The number of amides is 1. The van der Waals surface area contributed by atoms with Crippen LogP contribution in [0.3, 0.4) is 0 Å². The van der Waals surface area contributed by atoms with E-state index in [0.717, 1.165) is 44.8 Å². The van der Waals surface area contributed by atoms with Crippen LogP contribution in [0.1, 0.15) is 29.6 Å². The molecule has 7 heteroatoms. The minimum Gasteiger partial charge on any atom is -0.481 e. The Morgan fingerprint density at radius 3 is 2.45 bits per heavy atom. The van der Waals surface area contributed by atoms with Gasteiger partial charge >= 0.3 is 5.97 Å². The molecule has 2 unspecified atom stereocenters. The molecular formula is C22H34N4O3. The van der Waals surface area contributed by atoms with Crippen LogP contribution in [-0.4, -0.2) is 98.1 Å². The van der Waals surface area contributed by atoms with Gasteiger partial charge in [0.25, 0.3) is 5.91 Å². The highest BCUT2D eigenvalue weighted by molar-refractivity contribution is 5.99. The number of carbonyl (C=O) groups is 2. The highest BCUT2D eigenvalue weighted by Crippen LogP contribution is 2.29. The zero-order valence-corrected chi connectivity index (χ0v) is 17.9. The molecule has 0 saturated carbocycles. The Kier molecular flexibility index (Phi) is 7.14. The van der Waals surface area contributed by atoms with Gasteiger partial charge in [0, 0.05) is 71.5 Å². The Morgan fingerprint density at radius 1 is 1.10 bits per heavy atom. The van der Waals surface area contributed by atoms with E-state index in [4.69, 9.17) is 0 Å². The molecule has 2 atom stereocenters. The quantitative estimate of drug-likeness (QED) is 0.781. The van der Waals surface area contributed by atoms with Gasteiger partial charge in [0.05, 0.1) is 5.56 Å². The van der Waals surface area contributed by atoms with Crippen molar-refractivity contribution in [2.75, 3.05) is 65.3 Å². The fourth-order valence-corrected chi connectivity index (χ4v) is 4.65. The second kappa shape index (κ2) is 9.59. The monoisotopic (exact) mass is 402 g/mol. The van der Waals surface area contributed by atoms with Crippen LogP contribution < -0.4 is 4.90 Å². The number of anilines is 1. The number of likely N-dealkylation sites (tertiary alicyclic amines) is 1. The number of carboxylic acids is 1. The van der Waals surface area contributed by atoms with Crippen molar-refractivity contribution in [3.63, 3.8) is 0 Å². The first-order valence-electron chi connectivity index (χ1n) is 10.6. The number of aliphatic carboxylic acids is 1. The molecule has 160 valence electrons. The smallest absolute Gasteiger partial charge is 0.303 e. The molecule has 0 spiro atoms. The third kappa shape index (κ3) is 5.28.